The Morgan fingerprint density at radius 3 is 2.80 bits per heavy atom. The van der Waals surface area contributed by atoms with Crippen molar-refractivity contribution in [3.8, 4) is 11.8 Å². The third-order valence-electron chi connectivity index (χ3n) is 3.84. The predicted molar refractivity (Wildman–Crippen MR) is 90.1 cm³/mol. The van der Waals surface area contributed by atoms with Crippen LogP contribution in [-0.4, -0.2) is 35.9 Å². The summed E-state index contributed by atoms with van der Waals surface area (Å²) in [6, 6.07) is 8.62. The minimum Gasteiger partial charge on any atom is -0.485 e. The summed E-state index contributed by atoms with van der Waals surface area (Å²) >= 11 is 1.23. The number of ether oxygens (including phenoxy) is 2. The van der Waals surface area contributed by atoms with Crippen LogP contribution in [0.2, 0.25) is 0 Å². The second-order valence-corrected chi connectivity index (χ2v) is 6.21. The molecule has 0 saturated carbocycles. The number of carbonyl (C=O) groups excluding carboxylic acids is 1. The van der Waals surface area contributed by atoms with Crippen LogP contribution in [0.4, 0.5) is 10.5 Å². The van der Waals surface area contributed by atoms with Crippen LogP contribution in [-0.2, 0) is 4.74 Å². The number of aromatic carboxylic acids is 1. The number of amides is 1. The first kappa shape index (κ1) is 16.8. The zero-order chi connectivity index (χ0) is 18.0. The van der Waals surface area contributed by atoms with Crippen molar-refractivity contribution in [2.45, 2.75) is 19.1 Å². The van der Waals surface area contributed by atoms with Crippen molar-refractivity contribution in [2.24, 2.45) is 0 Å². The van der Waals surface area contributed by atoms with Crippen molar-refractivity contribution in [2.75, 3.05) is 11.4 Å². The van der Waals surface area contributed by atoms with Gasteiger partial charge in [-0.05, 0) is 31.2 Å². The van der Waals surface area contributed by atoms with Crippen molar-refractivity contribution in [1.29, 1.82) is 5.26 Å². The first-order valence-electron chi connectivity index (χ1n) is 7.44. The molecule has 1 saturated heterocycles. The number of rotatable bonds is 5. The van der Waals surface area contributed by atoms with Crippen molar-refractivity contribution >= 4 is 29.1 Å². The highest BCUT2D eigenvalue weighted by Crippen LogP contribution is 2.28. The molecule has 1 amide bonds. The summed E-state index contributed by atoms with van der Waals surface area (Å²) in [5.41, 5.74) is 1.22. The molecule has 25 heavy (non-hydrogen) atoms. The highest BCUT2D eigenvalue weighted by molar-refractivity contribution is 7.08. The van der Waals surface area contributed by atoms with E-state index in [1.165, 1.54) is 21.6 Å². The van der Waals surface area contributed by atoms with Gasteiger partial charge in [0.15, 0.2) is 6.10 Å². The maximum atomic E-state index is 12.1. The average molecular weight is 358 g/mol. The standard InChI is InChI=1S/C17H14N2O5S/c1-10(23-15-9-25-8-13(15)16(20)21)14-7-19(17(22)24-14)12-4-2-11(6-18)3-5-12/h2-5,8-10,14H,7H2,1H3,(H,20,21). The molecule has 3 rings (SSSR count). The van der Waals surface area contributed by atoms with Crippen molar-refractivity contribution in [1.82, 2.24) is 0 Å². The molecule has 1 aromatic heterocycles. The summed E-state index contributed by atoms with van der Waals surface area (Å²) in [5, 5.41) is 21.1. The number of nitriles is 1. The Morgan fingerprint density at radius 1 is 1.44 bits per heavy atom. The molecule has 128 valence electrons. The van der Waals surface area contributed by atoms with Gasteiger partial charge in [0.1, 0.15) is 17.4 Å². The van der Waals surface area contributed by atoms with Gasteiger partial charge in [-0.15, -0.1) is 11.3 Å². The van der Waals surface area contributed by atoms with E-state index >= 15 is 0 Å². The lowest BCUT2D eigenvalue weighted by atomic mass is 10.2. The molecule has 1 aliphatic rings. The van der Waals surface area contributed by atoms with E-state index in [4.69, 9.17) is 19.8 Å². The van der Waals surface area contributed by atoms with Crippen LogP contribution in [0.3, 0.4) is 0 Å². The van der Waals surface area contributed by atoms with Crippen LogP contribution >= 0.6 is 11.3 Å². The Morgan fingerprint density at radius 2 is 2.16 bits per heavy atom. The Kier molecular flexibility index (Phi) is 4.59. The number of carboxylic acid groups (broad SMARTS) is 1. The van der Waals surface area contributed by atoms with E-state index < -0.39 is 24.3 Å². The SMILES string of the molecule is CC(Oc1cscc1C(=O)O)C1CN(c2ccc(C#N)cc2)C(=O)O1. The van der Waals surface area contributed by atoms with Crippen LogP contribution < -0.4 is 9.64 Å². The maximum absolute atomic E-state index is 12.1. The molecule has 1 aliphatic heterocycles. The molecule has 2 aromatic rings. The van der Waals surface area contributed by atoms with Crippen LogP contribution in [0.25, 0.3) is 0 Å². The summed E-state index contributed by atoms with van der Waals surface area (Å²) in [6.45, 7) is 2.00. The fourth-order valence-corrected chi connectivity index (χ4v) is 3.19. The number of carboxylic acids is 1. The molecule has 7 nitrogen and oxygen atoms in total. The molecule has 0 spiro atoms. The number of cyclic esters (lactones) is 1. The van der Waals surface area contributed by atoms with Gasteiger partial charge in [-0.1, -0.05) is 0 Å². The van der Waals surface area contributed by atoms with Crippen molar-refractivity contribution < 1.29 is 24.2 Å². The van der Waals surface area contributed by atoms with Gasteiger partial charge in [-0.25, -0.2) is 9.59 Å². The Balaban J connectivity index is 1.70. The van der Waals surface area contributed by atoms with E-state index in [9.17, 15) is 9.59 Å². The third-order valence-corrected chi connectivity index (χ3v) is 4.56. The van der Waals surface area contributed by atoms with E-state index in [1.807, 2.05) is 6.07 Å². The highest BCUT2D eigenvalue weighted by atomic mass is 32.1. The summed E-state index contributed by atoms with van der Waals surface area (Å²) in [7, 11) is 0. The molecule has 0 bridgehead atoms. The lowest BCUT2D eigenvalue weighted by Gasteiger charge is -2.19. The van der Waals surface area contributed by atoms with E-state index in [0.717, 1.165) is 0 Å². The molecule has 1 N–H and O–H groups in total. The van der Waals surface area contributed by atoms with E-state index in [0.29, 0.717) is 11.3 Å². The molecule has 0 aliphatic carbocycles. The maximum Gasteiger partial charge on any atom is 0.414 e. The zero-order valence-electron chi connectivity index (χ0n) is 13.2. The van der Waals surface area contributed by atoms with Crippen LogP contribution in [0, 0.1) is 11.3 Å². The third kappa shape index (κ3) is 3.41. The quantitative estimate of drug-likeness (QED) is 0.881. The van der Waals surface area contributed by atoms with Gasteiger partial charge in [0.2, 0.25) is 0 Å². The first-order chi connectivity index (χ1) is 12.0. The molecule has 1 aromatic carbocycles. The number of hydrogen-bond acceptors (Lipinski definition) is 6. The number of thiophene rings is 1. The number of carbonyl (C=O) groups is 2. The van der Waals surface area contributed by atoms with Crippen molar-refractivity contribution in [3.63, 3.8) is 0 Å². The number of benzene rings is 1. The van der Waals surface area contributed by atoms with Crippen molar-refractivity contribution in [3.05, 3.63) is 46.2 Å². The van der Waals surface area contributed by atoms with E-state index in [-0.39, 0.29) is 17.9 Å². The number of anilines is 1. The lowest BCUT2D eigenvalue weighted by molar-refractivity contribution is 0.0547. The van der Waals surface area contributed by atoms with Crippen LogP contribution in [0.5, 0.6) is 5.75 Å². The van der Waals surface area contributed by atoms with Gasteiger partial charge in [0, 0.05) is 16.4 Å². The van der Waals surface area contributed by atoms with Gasteiger partial charge >= 0.3 is 12.1 Å². The van der Waals surface area contributed by atoms with Crippen LogP contribution in [0.15, 0.2) is 35.0 Å². The Labute approximate surface area is 147 Å². The lowest BCUT2D eigenvalue weighted by Crippen LogP contribution is -2.33. The minimum atomic E-state index is -1.06. The Hall–Kier alpha value is -3.05. The average Bonchev–Trinajstić information content (AvgIpc) is 3.21. The van der Waals surface area contributed by atoms with Gasteiger partial charge in [-0.3, -0.25) is 4.90 Å². The largest absolute Gasteiger partial charge is 0.485 e. The minimum absolute atomic E-state index is 0.0881. The summed E-state index contributed by atoms with van der Waals surface area (Å²) in [4.78, 5) is 24.7. The summed E-state index contributed by atoms with van der Waals surface area (Å²) in [6.07, 6.45) is -1.56. The monoisotopic (exact) mass is 358 g/mol. The summed E-state index contributed by atoms with van der Waals surface area (Å²) < 4.78 is 11.0. The highest BCUT2D eigenvalue weighted by Gasteiger charge is 2.37. The second kappa shape index (κ2) is 6.83. The Bertz CT molecular complexity index is 839. The normalized spacial score (nSPS) is 17.7. The molecule has 2 heterocycles. The van der Waals surface area contributed by atoms with Gasteiger partial charge in [-0.2, -0.15) is 5.26 Å². The molecule has 2 atom stereocenters. The zero-order valence-corrected chi connectivity index (χ0v) is 14.0. The van der Waals surface area contributed by atoms with Gasteiger partial charge in [0.25, 0.3) is 0 Å². The predicted octanol–water partition coefficient (Wildman–Crippen LogP) is 3.11. The molecule has 0 radical (unpaired) electrons. The molecular formula is C17H14N2O5S. The fraction of sp³-hybridized carbons (Fsp3) is 0.235. The topological polar surface area (TPSA) is 99.9 Å². The molecular weight excluding hydrogens is 344 g/mol. The first-order valence-corrected chi connectivity index (χ1v) is 8.38. The number of nitrogens with zero attached hydrogens (tertiary/aromatic N) is 2. The van der Waals surface area contributed by atoms with E-state index in [2.05, 4.69) is 0 Å². The molecule has 1 fully saturated rings. The van der Waals surface area contributed by atoms with Gasteiger partial charge in [0.05, 0.1) is 18.2 Å². The summed E-state index contributed by atoms with van der Waals surface area (Å²) in [5.74, 6) is -0.802. The second-order valence-electron chi connectivity index (χ2n) is 5.47. The fourth-order valence-electron chi connectivity index (χ4n) is 2.46. The smallest absolute Gasteiger partial charge is 0.414 e. The molecule has 2 unspecified atom stereocenters. The van der Waals surface area contributed by atoms with E-state index in [1.54, 1.807) is 36.6 Å². The van der Waals surface area contributed by atoms with Gasteiger partial charge < -0.3 is 14.6 Å². The number of hydrogen-bond donors (Lipinski definition) is 1. The molecule has 8 heteroatoms. The van der Waals surface area contributed by atoms with Crippen LogP contribution in [0.1, 0.15) is 22.8 Å².